The molecule has 1 saturated heterocycles. The van der Waals surface area contributed by atoms with Crippen LogP contribution < -0.4 is 9.64 Å². The number of amides is 1. The minimum absolute atomic E-state index is 0.0392. The Bertz CT molecular complexity index is 864. The number of piperazine rings is 1. The van der Waals surface area contributed by atoms with Gasteiger partial charge in [-0.2, -0.15) is 5.10 Å². The summed E-state index contributed by atoms with van der Waals surface area (Å²) in [5, 5.41) is 4.43. The Morgan fingerprint density at radius 1 is 1.22 bits per heavy atom. The Morgan fingerprint density at radius 3 is 2.44 bits per heavy atom. The fourth-order valence-electron chi connectivity index (χ4n) is 3.09. The number of rotatable bonds is 4. The van der Waals surface area contributed by atoms with E-state index in [0.717, 1.165) is 18.5 Å². The number of halogens is 3. The van der Waals surface area contributed by atoms with Crippen LogP contribution in [0.25, 0.3) is 0 Å². The van der Waals surface area contributed by atoms with E-state index in [9.17, 15) is 9.18 Å². The first-order chi connectivity index (χ1) is 12.8. The maximum absolute atomic E-state index is 14.4. The molecule has 0 saturated carbocycles. The number of carbonyl (C=O) groups is 1. The minimum atomic E-state index is -0.266. The van der Waals surface area contributed by atoms with Crippen LogP contribution in [0.4, 0.5) is 10.1 Å². The summed E-state index contributed by atoms with van der Waals surface area (Å²) in [5.74, 6) is 0.430. The fourth-order valence-corrected chi connectivity index (χ4v) is 4.39. The predicted octanol–water partition coefficient (Wildman–Crippen LogP) is 3.21. The van der Waals surface area contributed by atoms with Crippen LogP contribution >= 0.6 is 45.2 Å². The third-order valence-electron chi connectivity index (χ3n) is 4.93. The lowest BCUT2D eigenvalue weighted by Crippen LogP contribution is -2.50. The zero-order valence-electron chi connectivity index (χ0n) is 15.4. The van der Waals surface area contributed by atoms with Crippen LogP contribution in [0.2, 0.25) is 0 Å². The van der Waals surface area contributed by atoms with E-state index < -0.39 is 0 Å². The monoisotopic (exact) mass is 598 g/mol. The van der Waals surface area contributed by atoms with Crippen LogP contribution in [-0.2, 0) is 11.3 Å². The molecule has 9 heteroatoms. The van der Waals surface area contributed by atoms with E-state index in [1.54, 1.807) is 17.9 Å². The first-order valence-electron chi connectivity index (χ1n) is 8.57. The second-order valence-corrected chi connectivity index (χ2v) is 8.65. The summed E-state index contributed by atoms with van der Waals surface area (Å²) in [6, 6.07) is 3.21. The molecule has 1 aromatic heterocycles. The van der Waals surface area contributed by atoms with Gasteiger partial charge >= 0.3 is 0 Å². The van der Waals surface area contributed by atoms with Crippen LogP contribution in [0, 0.1) is 26.9 Å². The number of hydrogen-bond acceptors (Lipinski definition) is 4. The van der Waals surface area contributed by atoms with E-state index in [1.165, 1.54) is 6.07 Å². The molecule has 1 fully saturated rings. The van der Waals surface area contributed by atoms with Gasteiger partial charge in [0, 0.05) is 43.5 Å². The van der Waals surface area contributed by atoms with Gasteiger partial charge in [0.2, 0.25) is 5.91 Å². The van der Waals surface area contributed by atoms with Crippen molar-refractivity contribution in [1.82, 2.24) is 14.7 Å². The summed E-state index contributed by atoms with van der Waals surface area (Å²) >= 11 is 4.24. The van der Waals surface area contributed by atoms with Crippen molar-refractivity contribution < 1.29 is 13.9 Å². The predicted molar refractivity (Wildman–Crippen MR) is 119 cm³/mol. The number of methoxy groups -OCH3 is 1. The van der Waals surface area contributed by atoms with Gasteiger partial charge in [-0.05, 0) is 65.1 Å². The zero-order valence-corrected chi connectivity index (χ0v) is 19.7. The standard InChI is InChI=1S/C18H21FI2N4O2/c1-11-12(2)25(22-18(11)21)10-17(26)24-6-4-23(5-7-24)15-9-16(27-3)14(20)8-13(15)19/h8-9H,4-7,10H2,1-3H3. The highest BCUT2D eigenvalue weighted by Gasteiger charge is 2.24. The highest BCUT2D eigenvalue weighted by atomic mass is 127. The maximum atomic E-state index is 14.4. The number of aromatic nitrogens is 2. The summed E-state index contributed by atoms with van der Waals surface area (Å²) in [6.45, 7) is 6.51. The fraction of sp³-hybridized carbons (Fsp3) is 0.444. The Kier molecular flexibility index (Phi) is 6.49. The number of carbonyl (C=O) groups excluding carboxylic acids is 1. The second kappa shape index (κ2) is 8.50. The zero-order chi connectivity index (χ0) is 19.7. The van der Waals surface area contributed by atoms with E-state index in [4.69, 9.17) is 4.74 Å². The molecular weight excluding hydrogens is 577 g/mol. The Hall–Kier alpha value is -1.11. The van der Waals surface area contributed by atoms with Crippen molar-refractivity contribution in [2.75, 3.05) is 38.2 Å². The quantitative estimate of drug-likeness (QED) is 0.508. The summed E-state index contributed by atoms with van der Waals surface area (Å²) < 4.78 is 23.1. The van der Waals surface area contributed by atoms with Gasteiger partial charge in [0.15, 0.2) is 0 Å². The lowest BCUT2D eigenvalue weighted by Gasteiger charge is -2.36. The first kappa shape index (κ1) is 20.6. The highest BCUT2D eigenvalue weighted by Crippen LogP contribution is 2.30. The molecular formula is C18H21FI2N4O2. The molecule has 146 valence electrons. The molecule has 1 aromatic carbocycles. The molecule has 1 amide bonds. The maximum Gasteiger partial charge on any atom is 0.244 e. The van der Waals surface area contributed by atoms with Gasteiger partial charge in [0.05, 0.1) is 16.4 Å². The smallest absolute Gasteiger partial charge is 0.244 e. The van der Waals surface area contributed by atoms with Gasteiger partial charge in [-0.3, -0.25) is 9.48 Å². The molecule has 0 N–H and O–H groups in total. The SMILES string of the molecule is COc1cc(N2CCN(C(=O)Cn3nc(I)c(C)c3C)CC2)c(F)cc1I. The van der Waals surface area contributed by atoms with Crippen molar-refractivity contribution in [3.8, 4) is 5.75 Å². The van der Waals surface area contributed by atoms with Crippen LogP contribution in [0.1, 0.15) is 11.3 Å². The molecule has 0 atom stereocenters. The minimum Gasteiger partial charge on any atom is -0.496 e. The van der Waals surface area contributed by atoms with Gasteiger partial charge < -0.3 is 14.5 Å². The molecule has 3 rings (SSSR count). The molecule has 0 unspecified atom stereocenters. The van der Waals surface area contributed by atoms with Gasteiger partial charge in [-0.1, -0.05) is 0 Å². The van der Waals surface area contributed by atoms with E-state index in [0.29, 0.717) is 37.6 Å². The Balaban J connectivity index is 1.65. The first-order valence-corrected chi connectivity index (χ1v) is 10.7. The lowest BCUT2D eigenvalue weighted by molar-refractivity contribution is -0.132. The second-order valence-electron chi connectivity index (χ2n) is 6.46. The number of hydrogen-bond donors (Lipinski definition) is 0. The molecule has 0 spiro atoms. The van der Waals surface area contributed by atoms with Crippen molar-refractivity contribution in [3.05, 3.63) is 36.5 Å². The van der Waals surface area contributed by atoms with Crippen LogP contribution in [0.15, 0.2) is 12.1 Å². The highest BCUT2D eigenvalue weighted by molar-refractivity contribution is 14.1. The van der Waals surface area contributed by atoms with Crippen molar-refractivity contribution in [1.29, 1.82) is 0 Å². The number of nitrogens with zero attached hydrogens (tertiary/aromatic N) is 4. The third kappa shape index (κ3) is 4.33. The summed E-state index contributed by atoms with van der Waals surface area (Å²) in [6.07, 6.45) is 0. The van der Waals surface area contributed by atoms with E-state index in [2.05, 4.69) is 50.3 Å². The van der Waals surface area contributed by atoms with E-state index in [-0.39, 0.29) is 18.3 Å². The molecule has 1 aliphatic rings. The molecule has 6 nitrogen and oxygen atoms in total. The summed E-state index contributed by atoms with van der Waals surface area (Å²) in [5.41, 5.74) is 2.64. The van der Waals surface area contributed by atoms with Gasteiger partial charge in [-0.25, -0.2) is 4.39 Å². The average molecular weight is 598 g/mol. The lowest BCUT2D eigenvalue weighted by atomic mass is 10.2. The topological polar surface area (TPSA) is 50.6 Å². The van der Waals surface area contributed by atoms with Crippen molar-refractivity contribution in [2.24, 2.45) is 0 Å². The molecule has 1 aliphatic heterocycles. The Labute approximate surface area is 185 Å². The molecule has 0 aliphatic carbocycles. The normalized spacial score (nSPS) is 14.6. The van der Waals surface area contributed by atoms with Gasteiger partial charge in [0.25, 0.3) is 0 Å². The molecule has 0 bridgehead atoms. The number of ether oxygens (including phenoxy) is 1. The largest absolute Gasteiger partial charge is 0.496 e. The molecule has 0 radical (unpaired) electrons. The van der Waals surface area contributed by atoms with Crippen molar-refractivity contribution in [2.45, 2.75) is 20.4 Å². The van der Waals surface area contributed by atoms with Crippen LogP contribution in [0.3, 0.4) is 0 Å². The number of benzene rings is 1. The van der Waals surface area contributed by atoms with Crippen LogP contribution in [0.5, 0.6) is 5.75 Å². The number of anilines is 1. The van der Waals surface area contributed by atoms with Crippen molar-refractivity contribution in [3.63, 3.8) is 0 Å². The van der Waals surface area contributed by atoms with Crippen LogP contribution in [-0.4, -0.2) is 53.9 Å². The molecule has 2 heterocycles. The van der Waals surface area contributed by atoms with E-state index in [1.807, 2.05) is 23.6 Å². The van der Waals surface area contributed by atoms with Gasteiger partial charge in [0.1, 0.15) is 21.8 Å². The third-order valence-corrected chi connectivity index (χ3v) is 6.79. The average Bonchev–Trinajstić information content (AvgIpc) is 2.89. The summed E-state index contributed by atoms with van der Waals surface area (Å²) in [7, 11) is 1.58. The van der Waals surface area contributed by atoms with Crippen molar-refractivity contribution >= 4 is 56.8 Å². The van der Waals surface area contributed by atoms with E-state index >= 15 is 0 Å². The van der Waals surface area contributed by atoms with Gasteiger partial charge in [-0.15, -0.1) is 0 Å². The molecule has 2 aromatic rings. The summed E-state index contributed by atoms with van der Waals surface area (Å²) in [4.78, 5) is 16.4. The Morgan fingerprint density at radius 2 is 1.89 bits per heavy atom. The molecule has 27 heavy (non-hydrogen) atoms.